The van der Waals surface area contributed by atoms with Crippen LogP contribution >= 0.6 is 11.3 Å². The lowest BCUT2D eigenvalue weighted by molar-refractivity contribution is -0.114. The van der Waals surface area contributed by atoms with Crippen LogP contribution in [0.4, 0.5) is 22.6 Å². The maximum Gasteiger partial charge on any atom is 0.341 e. The van der Waals surface area contributed by atoms with Gasteiger partial charge in [0.2, 0.25) is 17.8 Å². The van der Waals surface area contributed by atoms with E-state index >= 15 is 0 Å². The maximum absolute atomic E-state index is 12.7. The van der Waals surface area contributed by atoms with Crippen molar-refractivity contribution in [2.75, 3.05) is 16.4 Å². The molecule has 30 heavy (non-hydrogen) atoms. The van der Waals surface area contributed by atoms with Crippen molar-refractivity contribution in [3.05, 3.63) is 51.7 Å². The van der Waals surface area contributed by atoms with Crippen molar-refractivity contribution in [2.45, 2.75) is 34.3 Å². The highest BCUT2D eigenvalue weighted by Crippen LogP contribution is 2.33. The topological polar surface area (TPSA) is 132 Å². The van der Waals surface area contributed by atoms with Crippen molar-refractivity contribution < 1.29 is 14.3 Å². The summed E-state index contributed by atoms with van der Waals surface area (Å²) in [4.78, 5) is 37.4. The number of nitrogens with one attached hydrogen (secondary N) is 2. The highest BCUT2D eigenvalue weighted by Gasteiger charge is 2.22. The van der Waals surface area contributed by atoms with Crippen LogP contribution in [-0.4, -0.2) is 26.8 Å². The molecule has 0 bridgehead atoms. The highest BCUT2D eigenvalue weighted by molar-refractivity contribution is 7.16. The molecule has 10 heteroatoms. The van der Waals surface area contributed by atoms with Crippen molar-refractivity contribution in [1.82, 2.24) is 15.0 Å². The van der Waals surface area contributed by atoms with Gasteiger partial charge in [-0.1, -0.05) is 18.2 Å². The van der Waals surface area contributed by atoms with Crippen LogP contribution in [0.2, 0.25) is 0 Å². The second-order valence-electron chi connectivity index (χ2n) is 6.62. The molecule has 156 valence electrons. The summed E-state index contributed by atoms with van der Waals surface area (Å²) in [7, 11) is 0. The molecule has 0 fully saturated rings. The van der Waals surface area contributed by atoms with Gasteiger partial charge in [-0.05, 0) is 38.0 Å². The van der Waals surface area contributed by atoms with Gasteiger partial charge in [-0.3, -0.25) is 4.79 Å². The number of hydrogen-bond donors (Lipinski definition) is 3. The Labute approximate surface area is 177 Å². The number of nitrogens with two attached hydrogens (primary N) is 1. The lowest BCUT2D eigenvalue weighted by atomic mass is 10.1. The summed E-state index contributed by atoms with van der Waals surface area (Å²) < 4.78 is 5.39. The summed E-state index contributed by atoms with van der Waals surface area (Å²) in [6.07, 6.45) is 0. The number of amides is 1. The van der Waals surface area contributed by atoms with Crippen LogP contribution in [0.3, 0.4) is 0 Å². The summed E-state index contributed by atoms with van der Waals surface area (Å²) >= 11 is 1.32. The standard InChI is InChI=1S/C20H22N6O3S/c1-10-7-5-6-8-14(10)23-20-25-15(24-19(21)26-20)9-29-18(28)16-11(2)12(3)30-17(16)22-13(4)27/h5-8H,9H2,1-4H3,(H,22,27)(H3,21,23,24,25,26). The lowest BCUT2D eigenvalue weighted by Gasteiger charge is -2.10. The number of carbonyl (C=O) groups is 2. The number of anilines is 4. The molecular formula is C20H22N6O3S. The molecule has 2 aromatic heterocycles. The van der Waals surface area contributed by atoms with E-state index in [2.05, 4.69) is 25.6 Å². The lowest BCUT2D eigenvalue weighted by Crippen LogP contribution is -2.14. The molecule has 1 aromatic carbocycles. The zero-order valence-electron chi connectivity index (χ0n) is 17.1. The molecule has 3 rings (SSSR count). The number of benzene rings is 1. The first-order valence-electron chi connectivity index (χ1n) is 9.12. The number of thiophene rings is 1. The average molecular weight is 427 g/mol. The Balaban J connectivity index is 1.76. The molecule has 0 aliphatic rings. The molecule has 0 saturated heterocycles. The largest absolute Gasteiger partial charge is 0.454 e. The molecule has 1 amide bonds. The zero-order chi connectivity index (χ0) is 21.8. The highest BCUT2D eigenvalue weighted by atomic mass is 32.1. The van der Waals surface area contributed by atoms with E-state index in [1.165, 1.54) is 18.3 Å². The Bertz CT molecular complexity index is 1110. The van der Waals surface area contributed by atoms with Gasteiger partial charge in [0, 0.05) is 17.5 Å². The first kappa shape index (κ1) is 21.2. The molecule has 2 heterocycles. The third-order valence-corrected chi connectivity index (χ3v) is 5.42. The number of hydrogen-bond acceptors (Lipinski definition) is 9. The second-order valence-corrected chi connectivity index (χ2v) is 7.84. The molecule has 0 spiro atoms. The summed E-state index contributed by atoms with van der Waals surface area (Å²) in [5.74, 6) is -0.369. The van der Waals surface area contributed by atoms with Crippen molar-refractivity contribution in [2.24, 2.45) is 0 Å². The van der Waals surface area contributed by atoms with Gasteiger partial charge in [-0.2, -0.15) is 15.0 Å². The Morgan fingerprint density at radius 3 is 2.57 bits per heavy atom. The van der Waals surface area contributed by atoms with E-state index in [9.17, 15) is 9.59 Å². The second kappa shape index (κ2) is 8.87. The number of aryl methyl sites for hydroxylation is 2. The monoisotopic (exact) mass is 426 g/mol. The molecule has 3 aromatic rings. The predicted octanol–water partition coefficient (Wildman–Crippen LogP) is 3.50. The van der Waals surface area contributed by atoms with E-state index in [4.69, 9.17) is 10.5 Å². The number of aromatic nitrogens is 3. The predicted molar refractivity (Wildman–Crippen MR) is 116 cm³/mol. The Morgan fingerprint density at radius 2 is 1.87 bits per heavy atom. The zero-order valence-corrected chi connectivity index (χ0v) is 17.9. The third-order valence-electron chi connectivity index (χ3n) is 4.30. The fourth-order valence-electron chi connectivity index (χ4n) is 2.71. The van der Waals surface area contributed by atoms with E-state index in [0.717, 1.165) is 21.7 Å². The van der Waals surface area contributed by atoms with E-state index in [0.29, 0.717) is 10.6 Å². The van der Waals surface area contributed by atoms with Crippen LogP contribution in [0.25, 0.3) is 0 Å². The Hall–Kier alpha value is -3.53. The molecule has 9 nitrogen and oxygen atoms in total. The number of rotatable bonds is 6. The molecular weight excluding hydrogens is 404 g/mol. The molecule has 0 aliphatic carbocycles. The molecule has 0 radical (unpaired) electrons. The van der Waals surface area contributed by atoms with Crippen LogP contribution in [0.1, 0.15) is 39.1 Å². The maximum atomic E-state index is 12.7. The van der Waals surface area contributed by atoms with Gasteiger partial charge in [-0.15, -0.1) is 11.3 Å². The Morgan fingerprint density at radius 1 is 1.13 bits per heavy atom. The van der Waals surface area contributed by atoms with E-state index < -0.39 is 5.97 Å². The van der Waals surface area contributed by atoms with E-state index in [-0.39, 0.29) is 30.2 Å². The summed E-state index contributed by atoms with van der Waals surface area (Å²) in [5, 5.41) is 6.22. The number of nitrogen functional groups attached to an aromatic ring is 1. The normalized spacial score (nSPS) is 10.5. The van der Waals surface area contributed by atoms with Crippen LogP contribution < -0.4 is 16.4 Å². The van der Waals surface area contributed by atoms with Gasteiger partial charge in [0.05, 0.1) is 5.56 Å². The van der Waals surface area contributed by atoms with Crippen LogP contribution in [0, 0.1) is 20.8 Å². The number of nitrogens with zero attached hydrogens (tertiary/aromatic N) is 3. The minimum atomic E-state index is -0.576. The molecule has 4 N–H and O–H groups in total. The summed E-state index contributed by atoms with van der Waals surface area (Å²) in [5.41, 5.74) is 8.71. The van der Waals surface area contributed by atoms with Gasteiger partial charge in [0.25, 0.3) is 0 Å². The van der Waals surface area contributed by atoms with Crippen LogP contribution in [-0.2, 0) is 16.1 Å². The Kier molecular flexibility index (Phi) is 6.26. The van der Waals surface area contributed by atoms with Gasteiger partial charge in [-0.25, -0.2) is 4.79 Å². The molecule has 0 atom stereocenters. The van der Waals surface area contributed by atoms with Gasteiger partial charge in [0.15, 0.2) is 12.4 Å². The van der Waals surface area contributed by atoms with Crippen molar-refractivity contribution >= 4 is 45.8 Å². The molecule has 0 unspecified atom stereocenters. The first-order valence-corrected chi connectivity index (χ1v) is 9.94. The summed E-state index contributed by atoms with van der Waals surface area (Å²) in [6.45, 7) is 6.82. The minimum absolute atomic E-state index is 0.00799. The quantitative estimate of drug-likeness (QED) is 0.510. The smallest absolute Gasteiger partial charge is 0.341 e. The van der Waals surface area contributed by atoms with Crippen molar-refractivity contribution in [1.29, 1.82) is 0 Å². The van der Waals surface area contributed by atoms with E-state index in [1.807, 2.05) is 38.1 Å². The third kappa shape index (κ3) is 4.90. The molecule has 0 aliphatic heterocycles. The molecule has 0 saturated carbocycles. The van der Waals surface area contributed by atoms with Crippen molar-refractivity contribution in [3.8, 4) is 0 Å². The van der Waals surface area contributed by atoms with Gasteiger partial charge >= 0.3 is 5.97 Å². The SMILES string of the molecule is CC(=O)Nc1sc(C)c(C)c1C(=O)OCc1nc(N)nc(Nc2ccccc2C)n1. The van der Waals surface area contributed by atoms with Crippen LogP contribution in [0.15, 0.2) is 24.3 Å². The van der Waals surface area contributed by atoms with Gasteiger partial charge in [0.1, 0.15) is 5.00 Å². The van der Waals surface area contributed by atoms with Crippen LogP contribution in [0.5, 0.6) is 0 Å². The number of esters is 1. The number of ether oxygens (including phenoxy) is 1. The first-order chi connectivity index (χ1) is 14.2. The fraction of sp³-hybridized carbons (Fsp3) is 0.250. The fourth-order valence-corrected chi connectivity index (χ4v) is 3.81. The van der Waals surface area contributed by atoms with Crippen molar-refractivity contribution in [3.63, 3.8) is 0 Å². The van der Waals surface area contributed by atoms with Gasteiger partial charge < -0.3 is 21.1 Å². The average Bonchev–Trinajstić information content (AvgIpc) is 2.94. The minimum Gasteiger partial charge on any atom is -0.454 e. The number of carbonyl (C=O) groups excluding carboxylic acids is 2. The van der Waals surface area contributed by atoms with E-state index in [1.54, 1.807) is 6.92 Å². The summed E-state index contributed by atoms with van der Waals surface area (Å²) in [6, 6.07) is 7.66. The number of para-hydroxylation sites is 1.